The van der Waals surface area contributed by atoms with E-state index in [0.717, 1.165) is 16.6 Å². The number of aliphatic carboxylic acids is 1. The van der Waals surface area contributed by atoms with Gasteiger partial charge in [-0.05, 0) is 37.6 Å². The van der Waals surface area contributed by atoms with Crippen LogP contribution in [0.5, 0.6) is 0 Å². The number of carboxylic acids is 1. The summed E-state index contributed by atoms with van der Waals surface area (Å²) in [5.41, 5.74) is 2.29. The van der Waals surface area contributed by atoms with Crippen LogP contribution in [0.1, 0.15) is 24.2 Å². The number of likely N-dealkylation sites (N-methyl/N-ethyl adjacent to an activating group) is 1. The summed E-state index contributed by atoms with van der Waals surface area (Å²) in [5.74, 6) is -1.04. The Labute approximate surface area is 116 Å². The number of benzene rings is 1. The maximum atomic E-state index is 11.4. The molecule has 1 aromatic carbocycles. The molecule has 1 heterocycles. The van der Waals surface area contributed by atoms with Crippen LogP contribution in [0.15, 0.2) is 30.3 Å². The Bertz CT molecular complexity index is 655. The van der Waals surface area contributed by atoms with E-state index in [1.807, 2.05) is 19.1 Å². The number of carbonyl (C=O) groups is 2. The van der Waals surface area contributed by atoms with Crippen molar-refractivity contribution in [2.45, 2.75) is 19.9 Å². The van der Waals surface area contributed by atoms with Crippen molar-refractivity contribution >= 4 is 23.3 Å². The number of aromatic nitrogens is 1. The van der Waals surface area contributed by atoms with Gasteiger partial charge in [-0.2, -0.15) is 0 Å². The number of fused-ring (bicyclic) bond motifs is 1. The Morgan fingerprint density at radius 1 is 1.40 bits per heavy atom. The fraction of sp³-hybridized carbons (Fsp3) is 0.267. The molecule has 1 unspecified atom stereocenters. The second-order valence-electron chi connectivity index (χ2n) is 4.58. The Morgan fingerprint density at radius 3 is 2.75 bits per heavy atom. The van der Waals surface area contributed by atoms with Crippen molar-refractivity contribution in [3.8, 4) is 0 Å². The van der Waals surface area contributed by atoms with Gasteiger partial charge in [0.25, 0.3) is 0 Å². The summed E-state index contributed by atoms with van der Waals surface area (Å²) < 4.78 is 0. The summed E-state index contributed by atoms with van der Waals surface area (Å²) in [4.78, 5) is 28.1. The third-order valence-corrected chi connectivity index (χ3v) is 3.23. The van der Waals surface area contributed by atoms with Crippen molar-refractivity contribution in [1.82, 2.24) is 9.88 Å². The second kappa shape index (κ2) is 5.69. The lowest BCUT2D eigenvalue weighted by molar-refractivity contribution is -0.146. The fourth-order valence-electron chi connectivity index (χ4n) is 2.21. The van der Waals surface area contributed by atoms with Crippen molar-refractivity contribution in [3.63, 3.8) is 0 Å². The first-order valence-corrected chi connectivity index (χ1v) is 6.38. The van der Waals surface area contributed by atoms with Crippen LogP contribution >= 0.6 is 0 Å². The summed E-state index contributed by atoms with van der Waals surface area (Å²) in [6, 6.07) is 8.07. The second-order valence-corrected chi connectivity index (χ2v) is 4.58. The summed E-state index contributed by atoms with van der Waals surface area (Å²) in [7, 11) is 0. The number of amides is 1. The smallest absolute Gasteiger partial charge is 0.331 e. The largest absolute Gasteiger partial charge is 0.479 e. The molecule has 1 N–H and O–H groups in total. The van der Waals surface area contributed by atoms with Gasteiger partial charge in [0, 0.05) is 17.6 Å². The molecule has 0 aliphatic heterocycles. The van der Waals surface area contributed by atoms with Crippen molar-refractivity contribution < 1.29 is 14.7 Å². The predicted octanol–water partition coefficient (Wildman–Crippen LogP) is 2.15. The molecule has 104 valence electrons. The van der Waals surface area contributed by atoms with Crippen molar-refractivity contribution in [3.05, 3.63) is 41.6 Å². The Kier molecular flexibility index (Phi) is 3.98. The van der Waals surface area contributed by atoms with Crippen LogP contribution in [0.2, 0.25) is 0 Å². The van der Waals surface area contributed by atoms with E-state index in [1.54, 1.807) is 25.1 Å². The zero-order valence-electron chi connectivity index (χ0n) is 11.4. The van der Waals surface area contributed by atoms with E-state index in [0.29, 0.717) is 18.5 Å². The highest BCUT2D eigenvalue weighted by atomic mass is 16.4. The average Bonchev–Trinajstić information content (AvgIpc) is 2.43. The first kappa shape index (κ1) is 14.0. The number of carboxylic acid groups (broad SMARTS) is 1. The summed E-state index contributed by atoms with van der Waals surface area (Å²) in [5, 5.41) is 10.2. The molecule has 2 aromatic rings. The summed E-state index contributed by atoms with van der Waals surface area (Å²) in [6.45, 7) is 3.99. The number of rotatable bonds is 5. The molecule has 0 fully saturated rings. The fourth-order valence-corrected chi connectivity index (χ4v) is 2.21. The number of nitrogens with zero attached hydrogens (tertiary/aromatic N) is 2. The third kappa shape index (κ3) is 2.61. The Balaban J connectivity index is 2.51. The van der Waals surface area contributed by atoms with Crippen LogP contribution in [0, 0.1) is 6.92 Å². The summed E-state index contributed by atoms with van der Waals surface area (Å²) in [6.07, 6.45) is 0.566. The molecular formula is C15H16N2O3. The van der Waals surface area contributed by atoms with Crippen LogP contribution in [-0.4, -0.2) is 33.9 Å². The zero-order chi connectivity index (χ0) is 14.7. The topological polar surface area (TPSA) is 70.5 Å². The van der Waals surface area contributed by atoms with E-state index in [4.69, 9.17) is 0 Å². The van der Waals surface area contributed by atoms with Gasteiger partial charge in [0.05, 0.1) is 5.52 Å². The summed E-state index contributed by atoms with van der Waals surface area (Å²) >= 11 is 0. The molecule has 0 spiro atoms. The van der Waals surface area contributed by atoms with Crippen LogP contribution in [-0.2, 0) is 9.59 Å². The third-order valence-electron chi connectivity index (χ3n) is 3.23. The van der Waals surface area contributed by atoms with E-state index < -0.39 is 12.0 Å². The molecule has 20 heavy (non-hydrogen) atoms. The number of carbonyl (C=O) groups excluding carboxylic acids is 1. The van der Waals surface area contributed by atoms with Gasteiger partial charge in [-0.1, -0.05) is 12.1 Å². The van der Waals surface area contributed by atoms with Crippen molar-refractivity contribution in [2.75, 3.05) is 6.54 Å². The lowest BCUT2D eigenvalue weighted by Gasteiger charge is -2.24. The zero-order valence-corrected chi connectivity index (χ0v) is 11.4. The molecule has 1 atom stereocenters. The maximum absolute atomic E-state index is 11.4. The van der Waals surface area contributed by atoms with E-state index >= 15 is 0 Å². The first-order valence-electron chi connectivity index (χ1n) is 6.38. The van der Waals surface area contributed by atoms with E-state index in [1.165, 1.54) is 4.90 Å². The molecule has 1 aromatic heterocycles. The van der Waals surface area contributed by atoms with Gasteiger partial charge in [0.1, 0.15) is 0 Å². The number of hydrogen-bond donors (Lipinski definition) is 1. The molecule has 1 amide bonds. The van der Waals surface area contributed by atoms with E-state index in [-0.39, 0.29) is 0 Å². The normalized spacial score (nSPS) is 12.1. The molecule has 0 radical (unpaired) electrons. The molecule has 5 heteroatoms. The van der Waals surface area contributed by atoms with E-state index in [9.17, 15) is 14.7 Å². The highest BCUT2D eigenvalue weighted by Crippen LogP contribution is 2.24. The minimum absolute atomic E-state index is 0.338. The molecular weight excluding hydrogens is 256 g/mol. The number of hydrogen-bond acceptors (Lipinski definition) is 3. The van der Waals surface area contributed by atoms with Gasteiger partial charge in [-0.15, -0.1) is 0 Å². The molecule has 0 saturated heterocycles. The van der Waals surface area contributed by atoms with Crippen molar-refractivity contribution in [1.29, 1.82) is 0 Å². The maximum Gasteiger partial charge on any atom is 0.331 e. The van der Waals surface area contributed by atoms with Gasteiger partial charge in [-0.3, -0.25) is 9.78 Å². The van der Waals surface area contributed by atoms with Gasteiger partial charge >= 0.3 is 5.97 Å². The quantitative estimate of drug-likeness (QED) is 0.847. The Morgan fingerprint density at radius 2 is 2.15 bits per heavy atom. The first-order chi connectivity index (χ1) is 9.56. The minimum Gasteiger partial charge on any atom is -0.479 e. The molecule has 5 nitrogen and oxygen atoms in total. The van der Waals surface area contributed by atoms with Gasteiger partial charge in [0.15, 0.2) is 6.04 Å². The predicted molar refractivity (Wildman–Crippen MR) is 75.3 cm³/mol. The van der Waals surface area contributed by atoms with Gasteiger partial charge < -0.3 is 10.0 Å². The molecule has 0 aliphatic carbocycles. The van der Waals surface area contributed by atoms with E-state index in [2.05, 4.69) is 4.98 Å². The molecule has 2 rings (SSSR count). The average molecular weight is 272 g/mol. The van der Waals surface area contributed by atoms with Crippen LogP contribution in [0.3, 0.4) is 0 Å². The molecule has 0 aliphatic rings. The Hall–Kier alpha value is -2.43. The highest BCUT2D eigenvalue weighted by Gasteiger charge is 2.25. The lowest BCUT2D eigenvalue weighted by Crippen LogP contribution is -2.32. The molecule has 0 saturated carbocycles. The molecule has 0 bridgehead atoms. The van der Waals surface area contributed by atoms with Gasteiger partial charge in [-0.25, -0.2) is 4.79 Å². The van der Waals surface area contributed by atoms with Crippen LogP contribution in [0.4, 0.5) is 0 Å². The monoisotopic (exact) mass is 272 g/mol. The number of aryl methyl sites for hydroxylation is 1. The SMILES string of the molecule is CCN(C=O)C(C(=O)O)c1ccc2nc(C)ccc2c1. The standard InChI is InChI=1S/C15H16N2O3/c1-3-17(9-18)14(15(19)20)12-6-7-13-11(8-12)5-4-10(2)16-13/h4-9,14H,3H2,1-2H3,(H,19,20). The highest BCUT2D eigenvalue weighted by molar-refractivity contribution is 5.83. The van der Waals surface area contributed by atoms with Crippen LogP contribution in [0.25, 0.3) is 10.9 Å². The van der Waals surface area contributed by atoms with Gasteiger partial charge in [0.2, 0.25) is 6.41 Å². The number of pyridine rings is 1. The van der Waals surface area contributed by atoms with Crippen molar-refractivity contribution in [2.24, 2.45) is 0 Å². The van der Waals surface area contributed by atoms with Crippen LogP contribution < -0.4 is 0 Å². The minimum atomic E-state index is -1.04. The lowest BCUT2D eigenvalue weighted by atomic mass is 10.0.